The Hall–Kier alpha value is -1.92. The predicted octanol–water partition coefficient (Wildman–Crippen LogP) is 3.94. The van der Waals surface area contributed by atoms with Gasteiger partial charge in [0.1, 0.15) is 0 Å². The summed E-state index contributed by atoms with van der Waals surface area (Å²) in [5.74, 6) is 1.02. The molecule has 3 heterocycles. The fourth-order valence-corrected chi connectivity index (χ4v) is 4.71. The van der Waals surface area contributed by atoms with Crippen LogP contribution in [-0.4, -0.2) is 37.7 Å². The van der Waals surface area contributed by atoms with Gasteiger partial charge in [-0.2, -0.15) is 4.52 Å². The maximum absolute atomic E-state index is 10.9. The zero-order chi connectivity index (χ0) is 17.4. The molecule has 4 rings (SSSR count). The number of nitrogens with zero attached hydrogens (tertiary/aromatic N) is 4. The largest absolute Gasteiger partial charge is 0.492 e. The van der Waals surface area contributed by atoms with Crippen molar-refractivity contribution >= 4 is 16.3 Å². The molecular weight excluding hydrogens is 332 g/mol. The molecule has 1 aliphatic rings. The third-order valence-corrected chi connectivity index (χ3v) is 6.03. The standard InChI is InChI=1S/C19H24N4OS/c1-3-15-20-19-23(21-15)18(24)17(25-19)16(22-11-5-4-6-12-22)14-9-7-13(2)8-10-14/h7-10,16,24H,3-6,11-12H2,1-2H3. The Labute approximate surface area is 151 Å². The molecule has 6 heteroatoms. The Kier molecular flexibility index (Phi) is 4.48. The van der Waals surface area contributed by atoms with Crippen molar-refractivity contribution in [3.8, 4) is 5.88 Å². The van der Waals surface area contributed by atoms with Crippen molar-refractivity contribution in [3.63, 3.8) is 0 Å². The number of thiazole rings is 1. The normalized spacial score (nSPS) is 17.2. The minimum Gasteiger partial charge on any atom is -0.492 e. The SMILES string of the molecule is CCc1nc2sc(C(c3ccc(C)cc3)N3CCCCC3)c(O)n2n1. The molecule has 0 spiro atoms. The van der Waals surface area contributed by atoms with Crippen LogP contribution in [0.25, 0.3) is 4.96 Å². The Morgan fingerprint density at radius 1 is 1.16 bits per heavy atom. The van der Waals surface area contributed by atoms with Gasteiger partial charge in [-0.15, -0.1) is 5.10 Å². The molecule has 25 heavy (non-hydrogen) atoms. The predicted molar refractivity (Wildman–Crippen MR) is 100 cm³/mol. The highest BCUT2D eigenvalue weighted by molar-refractivity contribution is 7.17. The molecule has 0 amide bonds. The van der Waals surface area contributed by atoms with E-state index >= 15 is 0 Å². The molecular formula is C19H24N4OS. The van der Waals surface area contributed by atoms with Crippen molar-refractivity contribution in [2.75, 3.05) is 13.1 Å². The van der Waals surface area contributed by atoms with Crippen molar-refractivity contribution in [1.82, 2.24) is 19.5 Å². The fraction of sp³-hybridized carbons (Fsp3) is 0.474. The van der Waals surface area contributed by atoms with Crippen LogP contribution >= 0.6 is 11.3 Å². The number of aromatic hydroxyl groups is 1. The summed E-state index contributed by atoms with van der Waals surface area (Å²) in [5.41, 5.74) is 2.48. The van der Waals surface area contributed by atoms with Crippen LogP contribution in [0.2, 0.25) is 0 Å². The van der Waals surface area contributed by atoms with Crippen LogP contribution in [-0.2, 0) is 6.42 Å². The van der Waals surface area contributed by atoms with Gasteiger partial charge in [0.25, 0.3) is 0 Å². The summed E-state index contributed by atoms with van der Waals surface area (Å²) in [5, 5.41) is 15.3. The summed E-state index contributed by atoms with van der Waals surface area (Å²) >= 11 is 1.56. The zero-order valence-electron chi connectivity index (χ0n) is 14.8. The van der Waals surface area contributed by atoms with Crippen LogP contribution in [0, 0.1) is 6.92 Å². The number of piperidine rings is 1. The number of hydrogen-bond acceptors (Lipinski definition) is 5. The second-order valence-corrected chi connectivity index (χ2v) is 7.78. The summed E-state index contributed by atoms with van der Waals surface area (Å²) in [6.45, 7) is 6.25. The van der Waals surface area contributed by atoms with Crippen molar-refractivity contribution in [2.24, 2.45) is 0 Å². The van der Waals surface area contributed by atoms with E-state index in [9.17, 15) is 5.11 Å². The number of fused-ring (bicyclic) bond motifs is 1. The topological polar surface area (TPSA) is 53.7 Å². The Balaban J connectivity index is 1.80. The van der Waals surface area contributed by atoms with Crippen LogP contribution in [0.4, 0.5) is 0 Å². The van der Waals surface area contributed by atoms with E-state index in [0.29, 0.717) is 0 Å². The molecule has 0 saturated carbocycles. The highest BCUT2D eigenvalue weighted by Gasteiger charge is 2.30. The van der Waals surface area contributed by atoms with Crippen LogP contribution in [0.3, 0.4) is 0 Å². The van der Waals surface area contributed by atoms with Crippen molar-refractivity contribution in [2.45, 2.75) is 45.6 Å². The molecule has 3 aromatic rings. The van der Waals surface area contributed by atoms with Gasteiger partial charge in [0, 0.05) is 6.42 Å². The first-order valence-corrected chi connectivity index (χ1v) is 9.87. The Morgan fingerprint density at radius 2 is 1.88 bits per heavy atom. The lowest BCUT2D eigenvalue weighted by Crippen LogP contribution is -2.34. The first-order valence-electron chi connectivity index (χ1n) is 9.05. The van der Waals surface area contributed by atoms with Gasteiger partial charge in [-0.25, -0.2) is 4.98 Å². The van der Waals surface area contributed by atoms with E-state index in [2.05, 4.69) is 46.2 Å². The van der Waals surface area contributed by atoms with E-state index in [1.165, 1.54) is 30.4 Å². The van der Waals surface area contributed by atoms with Gasteiger partial charge in [0.2, 0.25) is 10.8 Å². The average molecular weight is 356 g/mol. The summed E-state index contributed by atoms with van der Waals surface area (Å²) in [7, 11) is 0. The van der Waals surface area contributed by atoms with E-state index in [1.807, 2.05) is 6.92 Å². The van der Waals surface area contributed by atoms with Gasteiger partial charge in [-0.1, -0.05) is 54.5 Å². The zero-order valence-corrected chi connectivity index (χ0v) is 15.6. The smallest absolute Gasteiger partial charge is 0.230 e. The Bertz CT molecular complexity index is 862. The van der Waals surface area contributed by atoms with Gasteiger partial charge in [-0.3, -0.25) is 4.90 Å². The number of aryl methyl sites for hydroxylation is 2. The molecule has 0 aliphatic carbocycles. The minimum absolute atomic E-state index is 0.0690. The van der Waals surface area contributed by atoms with E-state index in [-0.39, 0.29) is 11.9 Å². The summed E-state index contributed by atoms with van der Waals surface area (Å²) in [4.78, 5) is 8.75. The minimum atomic E-state index is 0.0690. The van der Waals surface area contributed by atoms with Crippen LogP contribution in [0.5, 0.6) is 5.88 Å². The molecule has 2 aromatic heterocycles. The maximum atomic E-state index is 10.9. The van der Waals surface area contributed by atoms with Gasteiger partial charge < -0.3 is 5.11 Å². The molecule has 1 unspecified atom stereocenters. The lowest BCUT2D eigenvalue weighted by atomic mass is 9.99. The highest BCUT2D eigenvalue weighted by Crippen LogP contribution is 2.40. The van der Waals surface area contributed by atoms with E-state index in [0.717, 1.165) is 35.2 Å². The number of hydrogen-bond donors (Lipinski definition) is 1. The highest BCUT2D eigenvalue weighted by atomic mass is 32.1. The molecule has 1 atom stereocenters. The number of aromatic nitrogens is 3. The van der Waals surface area contributed by atoms with Crippen LogP contribution in [0.1, 0.15) is 54.1 Å². The first kappa shape index (κ1) is 16.5. The molecule has 0 radical (unpaired) electrons. The third-order valence-electron chi connectivity index (χ3n) is 4.96. The summed E-state index contributed by atoms with van der Waals surface area (Å²) < 4.78 is 1.60. The Morgan fingerprint density at radius 3 is 2.52 bits per heavy atom. The van der Waals surface area contributed by atoms with Crippen molar-refractivity contribution in [1.29, 1.82) is 0 Å². The summed E-state index contributed by atoms with van der Waals surface area (Å²) in [6.07, 6.45) is 4.49. The van der Waals surface area contributed by atoms with E-state index < -0.39 is 0 Å². The van der Waals surface area contributed by atoms with Crippen molar-refractivity contribution < 1.29 is 5.11 Å². The lowest BCUT2D eigenvalue weighted by Gasteiger charge is -2.34. The van der Waals surface area contributed by atoms with Gasteiger partial charge in [-0.05, 0) is 38.4 Å². The van der Waals surface area contributed by atoms with Gasteiger partial charge in [0.05, 0.1) is 10.9 Å². The number of rotatable bonds is 4. The second-order valence-electron chi connectivity index (χ2n) is 6.78. The average Bonchev–Trinajstić information content (AvgIpc) is 3.18. The first-order chi connectivity index (χ1) is 12.2. The maximum Gasteiger partial charge on any atom is 0.230 e. The van der Waals surface area contributed by atoms with E-state index in [4.69, 9.17) is 0 Å². The van der Waals surface area contributed by atoms with Crippen molar-refractivity contribution in [3.05, 3.63) is 46.1 Å². The monoisotopic (exact) mass is 356 g/mol. The quantitative estimate of drug-likeness (QED) is 0.769. The molecule has 1 N–H and O–H groups in total. The second kappa shape index (κ2) is 6.77. The fourth-order valence-electron chi connectivity index (χ4n) is 3.57. The molecule has 0 bridgehead atoms. The lowest BCUT2D eigenvalue weighted by molar-refractivity contribution is 0.186. The number of benzene rings is 1. The molecule has 132 valence electrons. The molecule has 5 nitrogen and oxygen atoms in total. The number of likely N-dealkylation sites (tertiary alicyclic amines) is 1. The molecule has 1 fully saturated rings. The molecule has 1 aromatic carbocycles. The molecule has 1 saturated heterocycles. The van der Waals surface area contributed by atoms with Gasteiger partial charge >= 0.3 is 0 Å². The van der Waals surface area contributed by atoms with Crippen LogP contribution in [0.15, 0.2) is 24.3 Å². The van der Waals surface area contributed by atoms with Gasteiger partial charge in [0.15, 0.2) is 5.82 Å². The molecule has 1 aliphatic heterocycles. The third kappa shape index (κ3) is 3.04. The van der Waals surface area contributed by atoms with E-state index in [1.54, 1.807) is 15.9 Å². The summed E-state index contributed by atoms with van der Waals surface area (Å²) in [6, 6.07) is 8.73. The van der Waals surface area contributed by atoms with Crippen LogP contribution < -0.4 is 0 Å².